The first kappa shape index (κ1) is 50.9. The lowest BCUT2D eigenvalue weighted by Crippen LogP contribution is -2.37. The molecule has 2 aliphatic carbocycles. The molecule has 10 nitrogen and oxygen atoms in total. The van der Waals surface area contributed by atoms with Gasteiger partial charge in [-0.1, -0.05) is 98.8 Å². The molecule has 1 saturated heterocycles. The molecular formula is C51H85NO9. The van der Waals surface area contributed by atoms with E-state index in [4.69, 9.17) is 28.4 Å². The summed E-state index contributed by atoms with van der Waals surface area (Å²) in [7, 11) is 0. The van der Waals surface area contributed by atoms with Gasteiger partial charge in [0.2, 0.25) is 0 Å². The third-order valence-electron chi connectivity index (χ3n) is 13.2. The van der Waals surface area contributed by atoms with Gasteiger partial charge in [0.05, 0.1) is 19.4 Å². The van der Waals surface area contributed by atoms with Crippen LogP contribution >= 0.6 is 0 Å². The number of piperidine rings is 1. The van der Waals surface area contributed by atoms with Crippen LogP contribution < -0.4 is 0 Å². The molecule has 1 aromatic rings. The summed E-state index contributed by atoms with van der Waals surface area (Å²) in [6.07, 6.45) is 22.2. The van der Waals surface area contributed by atoms with Crippen molar-refractivity contribution in [1.82, 2.24) is 4.90 Å². The SMILES string of the molecule is CCCCCCCCOC(CCC(=O)OCc1cc(COC(=O)CC2(C)CC3CC(C)CC(C3)C2)cc(COC(=O)OCC2CCCN(CC)C2)c1)OCCCCCCCC. The topological polar surface area (TPSA) is 110 Å². The largest absolute Gasteiger partial charge is 0.508 e. The third-order valence-corrected chi connectivity index (χ3v) is 13.2. The number of esters is 2. The van der Waals surface area contributed by atoms with Crippen LogP contribution in [0.3, 0.4) is 0 Å². The lowest BCUT2D eigenvalue weighted by Gasteiger charge is -2.47. The average molecular weight is 856 g/mol. The van der Waals surface area contributed by atoms with Crippen molar-refractivity contribution in [3.8, 4) is 0 Å². The normalized spacial score (nSPS) is 22.9. The van der Waals surface area contributed by atoms with Crippen molar-refractivity contribution in [2.75, 3.05) is 39.5 Å². The number of benzene rings is 1. The predicted molar refractivity (Wildman–Crippen MR) is 241 cm³/mol. The minimum atomic E-state index is -0.703. The van der Waals surface area contributed by atoms with E-state index >= 15 is 0 Å². The fourth-order valence-corrected chi connectivity index (χ4v) is 10.3. The van der Waals surface area contributed by atoms with Gasteiger partial charge in [-0.25, -0.2) is 4.79 Å². The van der Waals surface area contributed by atoms with E-state index in [9.17, 15) is 14.4 Å². The Kier molecular flexibility index (Phi) is 24.1. The fraction of sp³-hybridized carbons (Fsp3) is 0.824. The van der Waals surface area contributed by atoms with Gasteiger partial charge in [0, 0.05) is 32.1 Å². The molecule has 0 spiro atoms. The third kappa shape index (κ3) is 21.0. The minimum absolute atomic E-state index is 0.0137. The fourth-order valence-electron chi connectivity index (χ4n) is 10.3. The van der Waals surface area contributed by atoms with Crippen LogP contribution in [0.4, 0.5) is 4.79 Å². The van der Waals surface area contributed by atoms with E-state index in [-0.39, 0.29) is 43.6 Å². The summed E-state index contributed by atoms with van der Waals surface area (Å²) in [4.78, 5) is 41.5. The Morgan fingerprint density at radius 2 is 1.25 bits per heavy atom. The molecule has 1 aliphatic heterocycles. The lowest BCUT2D eigenvalue weighted by atomic mass is 9.58. The maximum absolute atomic E-state index is 13.3. The predicted octanol–water partition coefficient (Wildman–Crippen LogP) is 12.3. The average Bonchev–Trinajstić information content (AvgIpc) is 3.23. The molecule has 3 fully saturated rings. The molecule has 0 amide bonds. The number of ether oxygens (including phenoxy) is 6. The Hall–Kier alpha value is -2.69. The number of fused-ring (bicyclic) bond motifs is 2. The zero-order valence-corrected chi connectivity index (χ0v) is 39.2. The van der Waals surface area contributed by atoms with E-state index in [0.29, 0.717) is 56.0 Å². The number of unbranched alkanes of at least 4 members (excludes halogenated alkanes) is 10. The van der Waals surface area contributed by atoms with Crippen LogP contribution in [0, 0.1) is 29.1 Å². The Balaban J connectivity index is 1.31. The molecular weight excluding hydrogens is 771 g/mol. The van der Waals surface area contributed by atoms with Crippen LogP contribution in [0.1, 0.15) is 193 Å². The molecule has 3 unspecified atom stereocenters. The smallest absolute Gasteiger partial charge is 0.461 e. The van der Waals surface area contributed by atoms with Crippen molar-refractivity contribution in [3.05, 3.63) is 34.9 Å². The molecule has 2 bridgehead atoms. The number of rotatable bonds is 30. The van der Waals surface area contributed by atoms with Crippen molar-refractivity contribution in [1.29, 1.82) is 0 Å². The molecule has 348 valence electrons. The molecule has 1 heterocycles. The summed E-state index contributed by atoms with van der Waals surface area (Å²) >= 11 is 0. The maximum atomic E-state index is 13.3. The Bertz CT molecular complexity index is 1370. The Morgan fingerprint density at radius 3 is 1.82 bits per heavy atom. The van der Waals surface area contributed by atoms with Crippen molar-refractivity contribution < 1.29 is 42.8 Å². The summed E-state index contributed by atoms with van der Waals surface area (Å²) < 4.78 is 35.1. The van der Waals surface area contributed by atoms with Gasteiger partial charge in [-0.05, 0) is 129 Å². The zero-order chi connectivity index (χ0) is 43.7. The molecule has 4 rings (SSSR count). The number of hydrogen-bond acceptors (Lipinski definition) is 10. The number of hydrogen-bond donors (Lipinski definition) is 0. The van der Waals surface area contributed by atoms with E-state index in [1.807, 2.05) is 18.2 Å². The highest BCUT2D eigenvalue weighted by atomic mass is 16.7. The molecule has 3 atom stereocenters. The quantitative estimate of drug-likeness (QED) is 0.0321. The summed E-state index contributed by atoms with van der Waals surface area (Å²) in [6, 6.07) is 5.65. The molecule has 0 radical (unpaired) electrons. The van der Waals surface area contributed by atoms with Crippen LogP contribution in [0.15, 0.2) is 18.2 Å². The van der Waals surface area contributed by atoms with Gasteiger partial charge >= 0.3 is 18.1 Å². The van der Waals surface area contributed by atoms with Crippen LogP contribution in [-0.2, 0) is 57.8 Å². The molecule has 3 aliphatic rings. The van der Waals surface area contributed by atoms with Crippen molar-refractivity contribution in [2.24, 2.45) is 29.1 Å². The van der Waals surface area contributed by atoms with E-state index in [2.05, 4.69) is 39.5 Å². The van der Waals surface area contributed by atoms with Crippen LogP contribution in [0.25, 0.3) is 0 Å². The van der Waals surface area contributed by atoms with E-state index in [1.165, 1.54) is 70.6 Å². The number of carbonyl (C=O) groups is 3. The first-order valence-corrected chi connectivity index (χ1v) is 24.7. The second-order valence-electron chi connectivity index (χ2n) is 19.4. The summed E-state index contributed by atoms with van der Waals surface area (Å²) in [5.41, 5.74) is 2.15. The highest BCUT2D eigenvalue weighted by molar-refractivity contribution is 5.70. The zero-order valence-electron chi connectivity index (χ0n) is 39.2. The molecule has 61 heavy (non-hydrogen) atoms. The molecule has 0 aromatic heterocycles. The summed E-state index contributed by atoms with van der Waals surface area (Å²) in [5.74, 6) is 1.94. The first-order valence-electron chi connectivity index (χ1n) is 24.7. The van der Waals surface area contributed by atoms with Crippen molar-refractivity contribution in [3.63, 3.8) is 0 Å². The molecule has 0 N–H and O–H groups in total. The van der Waals surface area contributed by atoms with Gasteiger partial charge in [0.1, 0.15) is 19.8 Å². The van der Waals surface area contributed by atoms with E-state index in [0.717, 1.165) is 88.0 Å². The number of nitrogens with zero attached hydrogens (tertiary/aromatic N) is 1. The Morgan fingerprint density at radius 1 is 0.705 bits per heavy atom. The highest BCUT2D eigenvalue weighted by Gasteiger charge is 2.42. The van der Waals surface area contributed by atoms with Gasteiger partial charge in [-0.15, -0.1) is 0 Å². The molecule has 1 aromatic carbocycles. The van der Waals surface area contributed by atoms with E-state index < -0.39 is 12.4 Å². The van der Waals surface area contributed by atoms with E-state index in [1.54, 1.807) is 0 Å². The maximum Gasteiger partial charge on any atom is 0.508 e. The van der Waals surface area contributed by atoms with Gasteiger partial charge in [-0.2, -0.15) is 0 Å². The summed E-state index contributed by atoms with van der Waals surface area (Å²) in [5, 5.41) is 0. The minimum Gasteiger partial charge on any atom is -0.461 e. The molecule has 2 saturated carbocycles. The highest BCUT2D eigenvalue weighted by Crippen LogP contribution is 2.51. The van der Waals surface area contributed by atoms with Gasteiger partial charge in [0.25, 0.3) is 0 Å². The number of likely N-dealkylation sites (tertiary alicyclic amines) is 1. The Labute approximate surface area is 370 Å². The van der Waals surface area contributed by atoms with Crippen LogP contribution in [0.2, 0.25) is 0 Å². The monoisotopic (exact) mass is 856 g/mol. The van der Waals surface area contributed by atoms with Crippen molar-refractivity contribution >= 4 is 18.1 Å². The van der Waals surface area contributed by atoms with Gasteiger partial charge in [-0.3, -0.25) is 9.59 Å². The molecule has 10 heteroatoms. The van der Waals surface area contributed by atoms with Crippen molar-refractivity contribution in [2.45, 2.75) is 202 Å². The van der Waals surface area contributed by atoms with Crippen LogP contribution in [0.5, 0.6) is 0 Å². The second-order valence-corrected chi connectivity index (χ2v) is 19.4. The number of carbonyl (C=O) groups excluding carboxylic acids is 3. The summed E-state index contributed by atoms with van der Waals surface area (Å²) in [6.45, 7) is 15.9. The second kappa shape index (κ2) is 28.9. The van der Waals surface area contributed by atoms with Crippen LogP contribution in [-0.4, -0.2) is 68.7 Å². The van der Waals surface area contributed by atoms with Gasteiger partial charge < -0.3 is 33.3 Å². The van der Waals surface area contributed by atoms with Gasteiger partial charge in [0.15, 0.2) is 6.29 Å². The standard InChI is InChI=1S/C51H85NO9/c1-6-9-11-13-15-17-24-56-49(57-25-18-16-14-12-10-7-2)22-21-47(53)58-37-44-29-45(38-59-48(54)34-51(5)32-42-26-40(4)27-43(28-42)33-51)31-46(30-44)39-61-50(55)60-36-41-20-19-23-52(8-3)35-41/h29-31,40-43,49H,6-28,32-39H2,1-5H3. The first-order chi connectivity index (χ1) is 29.6. The lowest BCUT2D eigenvalue weighted by molar-refractivity contribution is -0.160.